The van der Waals surface area contributed by atoms with Crippen LogP contribution in [0.5, 0.6) is 17.2 Å². The van der Waals surface area contributed by atoms with E-state index in [1.807, 2.05) is 0 Å². The van der Waals surface area contributed by atoms with Gasteiger partial charge in [-0.25, -0.2) is 0 Å². The molecule has 1 atom stereocenters. The van der Waals surface area contributed by atoms with Gasteiger partial charge in [0.05, 0.1) is 21.3 Å². The Hall–Kier alpha value is -1.95. The van der Waals surface area contributed by atoms with Gasteiger partial charge in [0.1, 0.15) is 0 Å². The van der Waals surface area contributed by atoms with Crippen molar-refractivity contribution in [2.75, 3.05) is 46.3 Å². The summed E-state index contributed by atoms with van der Waals surface area (Å²) in [5, 5.41) is 2.91. The van der Waals surface area contributed by atoms with Crippen molar-refractivity contribution in [1.82, 2.24) is 4.90 Å². The van der Waals surface area contributed by atoms with Gasteiger partial charge in [0.25, 0.3) is 0 Å². The molecule has 1 saturated heterocycles. The third-order valence-electron chi connectivity index (χ3n) is 4.34. The van der Waals surface area contributed by atoms with Gasteiger partial charge in [-0.15, -0.1) is 0 Å². The molecule has 6 nitrogen and oxygen atoms in total. The van der Waals surface area contributed by atoms with Crippen LogP contribution in [0, 0.1) is 5.92 Å². The average Bonchev–Trinajstić information content (AvgIpc) is 2.59. The molecule has 0 spiro atoms. The number of carbonyl (C=O) groups is 1. The molecular weight excluding hydrogens is 308 g/mol. The van der Waals surface area contributed by atoms with Gasteiger partial charge in [-0.3, -0.25) is 4.79 Å². The summed E-state index contributed by atoms with van der Waals surface area (Å²) < 4.78 is 15.9. The summed E-state index contributed by atoms with van der Waals surface area (Å²) in [5.74, 6) is 2.27. The van der Waals surface area contributed by atoms with Crippen LogP contribution in [0.1, 0.15) is 26.2 Å². The lowest BCUT2D eigenvalue weighted by Crippen LogP contribution is -2.36. The predicted molar refractivity (Wildman–Crippen MR) is 94.2 cm³/mol. The maximum atomic E-state index is 12.2. The predicted octanol–water partition coefficient (Wildman–Crippen LogP) is 2.77. The summed E-state index contributed by atoms with van der Waals surface area (Å²) in [6.07, 6.45) is 2.98. The van der Waals surface area contributed by atoms with E-state index in [-0.39, 0.29) is 5.91 Å². The molecule has 2 rings (SSSR count). The molecule has 134 valence electrons. The van der Waals surface area contributed by atoms with Gasteiger partial charge in [-0.2, -0.15) is 0 Å². The number of hydrogen-bond acceptors (Lipinski definition) is 5. The van der Waals surface area contributed by atoms with E-state index in [1.54, 1.807) is 33.5 Å². The summed E-state index contributed by atoms with van der Waals surface area (Å²) in [5.41, 5.74) is 0.640. The summed E-state index contributed by atoms with van der Waals surface area (Å²) in [6, 6.07) is 3.48. The Morgan fingerprint density at radius 3 is 2.42 bits per heavy atom. The van der Waals surface area contributed by atoms with Crippen LogP contribution < -0.4 is 19.5 Å². The monoisotopic (exact) mass is 336 g/mol. The lowest BCUT2D eigenvalue weighted by molar-refractivity contribution is -0.116. The fourth-order valence-electron chi connectivity index (χ4n) is 3.13. The number of piperidine rings is 1. The quantitative estimate of drug-likeness (QED) is 0.830. The van der Waals surface area contributed by atoms with Gasteiger partial charge in [0, 0.05) is 37.3 Å². The zero-order chi connectivity index (χ0) is 17.5. The highest BCUT2D eigenvalue weighted by molar-refractivity contribution is 5.91. The molecule has 6 heteroatoms. The number of ether oxygens (including phenoxy) is 3. The number of nitrogens with one attached hydrogen (secondary N) is 1. The molecule has 1 N–H and O–H groups in total. The Balaban J connectivity index is 1.95. The lowest BCUT2D eigenvalue weighted by atomic mass is 10.0. The normalized spacial score (nSPS) is 18.1. The first-order valence-corrected chi connectivity index (χ1v) is 8.39. The molecule has 1 aliphatic heterocycles. The number of carbonyl (C=O) groups excluding carboxylic acids is 1. The fraction of sp³-hybridized carbons (Fsp3) is 0.611. The Labute approximate surface area is 144 Å². The van der Waals surface area contributed by atoms with Crippen molar-refractivity contribution >= 4 is 11.6 Å². The van der Waals surface area contributed by atoms with Crippen molar-refractivity contribution in [2.45, 2.75) is 26.2 Å². The van der Waals surface area contributed by atoms with Crippen LogP contribution in [-0.2, 0) is 4.79 Å². The highest BCUT2D eigenvalue weighted by Crippen LogP contribution is 2.39. The fourth-order valence-corrected chi connectivity index (χ4v) is 3.13. The van der Waals surface area contributed by atoms with Gasteiger partial charge >= 0.3 is 0 Å². The third-order valence-corrected chi connectivity index (χ3v) is 4.34. The molecule has 1 aromatic rings. The van der Waals surface area contributed by atoms with Crippen LogP contribution in [0.15, 0.2) is 12.1 Å². The molecule has 1 amide bonds. The summed E-state index contributed by atoms with van der Waals surface area (Å²) in [4.78, 5) is 14.6. The molecule has 1 aliphatic rings. The molecule has 0 bridgehead atoms. The SMILES string of the molecule is COc1cc(NC(=O)CCN2CCC[C@@H](C)C2)cc(OC)c1OC. The summed E-state index contributed by atoms with van der Waals surface area (Å²) in [7, 11) is 4.67. The third kappa shape index (κ3) is 4.77. The van der Waals surface area contributed by atoms with E-state index in [0.29, 0.717) is 29.4 Å². The first kappa shape index (κ1) is 18.4. The summed E-state index contributed by atoms with van der Waals surface area (Å²) in [6.45, 7) is 5.22. The number of benzene rings is 1. The van der Waals surface area contributed by atoms with Crippen molar-refractivity contribution in [3.05, 3.63) is 12.1 Å². The second-order valence-electron chi connectivity index (χ2n) is 6.26. The van der Waals surface area contributed by atoms with Crippen LogP contribution >= 0.6 is 0 Å². The number of methoxy groups -OCH3 is 3. The zero-order valence-corrected chi connectivity index (χ0v) is 15.1. The number of hydrogen-bond donors (Lipinski definition) is 1. The van der Waals surface area contributed by atoms with Gasteiger partial charge in [0.2, 0.25) is 11.7 Å². The number of rotatable bonds is 7. The van der Waals surface area contributed by atoms with Crippen LogP contribution in [0.2, 0.25) is 0 Å². The molecule has 1 heterocycles. The van der Waals surface area contributed by atoms with Crippen LogP contribution in [-0.4, -0.2) is 51.8 Å². The first-order valence-electron chi connectivity index (χ1n) is 8.39. The van der Waals surface area contributed by atoms with E-state index in [4.69, 9.17) is 14.2 Å². The second kappa shape index (κ2) is 8.78. The van der Waals surface area contributed by atoms with Crippen LogP contribution in [0.4, 0.5) is 5.69 Å². The van der Waals surface area contributed by atoms with Gasteiger partial charge in [0.15, 0.2) is 11.5 Å². The molecule has 24 heavy (non-hydrogen) atoms. The van der Waals surface area contributed by atoms with E-state index >= 15 is 0 Å². The van der Waals surface area contributed by atoms with E-state index < -0.39 is 0 Å². The molecule has 0 radical (unpaired) electrons. The number of anilines is 1. The zero-order valence-electron chi connectivity index (χ0n) is 15.1. The highest BCUT2D eigenvalue weighted by Gasteiger charge is 2.18. The Morgan fingerprint density at radius 1 is 1.21 bits per heavy atom. The molecule has 0 unspecified atom stereocenters. The smallest absolute Gasteiger partial charge is 0.225 e. The van der Waals surface area contributed by atoms with E-state index in [9.17, 15) is 4.79 Å². The number of amides is 1. The van der Waals surface area contributed by atoms with Gasteiger partial charge < -0.3 is 24.4 Å². The molecule has 0 saturated carbocycles. The van der Waals surface area contributed by atoms with E-state index in [0.717, 1.165) is 25.6 Å². The van der Waals surface area contributed by atoms with E-state index in [1.165, 1.54) is 12.8 Å². The topological polar surface area (TPSA) is 60.0 Å². The van der Waals surface area contributed by atoms with Crippen molar-refractivity contribution < 1.29 is 19.0 Å². The van der Waals surface area contributed by atoms with Crippen molar-refractivity contribution in [2.24, 2.45) is 5.92 Å². The number of likely N-dealkylation sites (tertiary alicyclic amines) is 1. The standard InChI is InChI=1S/C18H28N2O4/c1-13-6-5-8-20(12-13)9-7-17(21)19-14-10-15(22-2)18(24-4)16(11-14)23-3/h10-11,13H,5-9,12H2,1-4H3,(H,19,21)/t13-/m1/s1. The van der Waals surface area contributed by atoms with Crippen molar-refractivity contribution in [3.63, 3.8) is 0 Å². The minimum absolute atomic E-state index is 0.0116. The Morgan fingerprint density at radius 2 is 1.88 bits per heavy atom. The van der Waals surface area contributed by atoms with Crippen molar-refractivity contribution in [3.8, 4) is 17.2 Å². The van der Waals surface area contributed by atoms with E-state index in [2.05, 4.69) is 17.1 Å². The summed E-state index contributed by atoms with van der Waals surface area (Å²) >= 11 is 0. The van der Waals surface area contributed by atoms with Crippen LogP contribution in [0.25, 0.3) is 0 Å². The lowest BCUT2D eigenvalue weighted by Gasteiger charge is -2.30. The molecule has 1 aromatic carbocycles. The second-order valence-corrected chi connectivity index (χ2v) is 6.26. The molecule has 0 aliphatic carbocycles. The average molecular weight is 336 g/mol. The van der Waals surface area contributed by atoms with Gasteiger partial charge in [-0.05, 0) is 25.3 Å². The molecular formula is C18H28N2O4. The molecule has 1 fully saturated rings. The largest absolute Gasteiger partial charge is 0.493 e. The Bertz CT molecular complexity index is 537. The minimum atomic E-state index is -0.0116. The minimum Gasteiger partial charge on any atom is -0.493 e. The maximum Gasteiger partial charge on any atom is 0.225 e. The van der Waals surface area contributed by atoms with Gasteiger partial charge in [-0.1, -0.05) is 6.92 Å². The van der Waals surface area contributed by atoms with Crippen LogP contribution in [0.3, 0.4) is 0 Å². The highest BCUT2D eigenvalue weighted by atomic mass is 16.5. The Kier molecular flexibility index (Phi) is 6.73. The number of nitrogens with zero attached hydrogens (tertiary/aromatic N) is 1. The maximum absolute atomic E-state index is 12.2. The first-order chi connectivity index (χ1) is 11.6. The van der Waals surface area contributed by atoms with Crippen molar-refractivity contribution in [1.29, 1.82) is 0 Å². The molecule has 0 aromatic heterocycles.